The van der Waals surface area contributed by atoms with Crippen molar-refractivity contribution in [2.24, 2.45) is 17.2 Å². The second-order valence-electron chi connectivity index (χ2n) is 5.92. The maximum Gasteiger partial charge on any atom is 0.0238 e. The molecule has 0 heterocycles. The van der Waals surface area contributed by atoms with Crippen molar-refractivity contribution >= 4 is 0 Å². The molecule has 1 saturated carbocycles. The summed E-state index contributed by atoms with van der Waals surface area (Å²) in [7, 11) is 0. The zero-order valence-corrected chi connectivity index (χ0v) is 10.7. The van der Waals surface area contributed by atoms with Crippen molar-refractivity contribution in [2.45, 2.75) is 71.8 Å². The van der Waals surface area contributed by atoms with Crippen LogP contribution in [0, 0.1) is 11.3 Å². The van der Waals surface area contributed by atoms with Crippen LogP contribution in [0.15, 0.2) is 0 Å². The van der Waals surface area contributed by atoms with Crippen molar-refractivity contribution in [3.63, 3.8) is 0 Å². The Labute approximate surface area is 95.0 Å². The van der Waals surface area contributed by atoms with Gasteiger partial charge in [0.05, 0.1) is 0 Å². The molecule has 0 aromatic carbocycles. The minimum Gasteiger partial charge on any atom is -0.271 e. The van der Waals surface area contributed by atoms with E-state index in [9.17, 15) is 0 Å². The van der Waals surface area contributed by atoms with E-state index in [1.54, 1.807) is 0 Å². The van der Waals surface area contributed by atoms with Gasteiger partial charge >= 0.3 is 0 Å². The van der Waals surface area contributed by atoms with Crippen LogP contribution in [-0.4, -0.2) is 6.04 Å². The van der Waals surface area contributed by atoms with Crippen LogP contribution in [0.4, 0.5) is 0 Å². The summed E-state index contributed by atoms with van der Waals surface area (Å²) in [5.74, 6) is 6.48. The maximum atomic E-state index is 5.66. The molecule has 2 nitrogen and oxygen atoms in total. The second kappa shape index (κ2) is 5.86. The van der Waals surface area contributed by atoms with Crippen LogP contribution in [0.1, 0.15) is 65.7 Å². The molecule has 0 amide bonds. The van der Waals surface area contributed by atoms with Crippen LogP contribution in [0.3, 0.4) is 0 Å². The highest BCUT2D eigenvalue weighted by Gasteiger charge is 2.30. The highest BCUT2D eigenvalue weighted by Crippen LogP contribution is 2.39. The number of hydrogen-bond donors (Lipinski definition) is 2. The molecule has 2 heteroatoms. The summed E-state index contributed by atoms with van der Waals surface area (Å²) in [5.41, 5.74) is 3.60. The fourth-order valence-electron chi connectivity index (χ4n) is 2.70. The molecule has 0 aromatic heterocycles. The molecular weight excluding hydrogens is 184 g/mol. The van der Waals surface area contributed by atoms with Crippen LogP contribution >= 0.6 is 0 Å². The highest BCUT2D eigenvalue weighted by molar-refractivity contribution is 4.84. The van der Waals surface area contributed by atoms with Crippen LogP contribution in [0.25, 0.3) is 0 Å². The van der Waals surface area contributed by atoms with E-state index in [4.69, 9.17) is 5.84 Å². The standard InChI is InChI=1S/C13H28N2/c1-4-5-6-12(15-14)11-7-9-13(2,3)10-8-11/h11-12,15H,4-10,14H2,1-3H3. The van der Waals surface area contributed by atoms with Gasteiger partial charge in [-0.15, -0.1) is 0 Å². The van der Waals surface area contributed by atoms with E-state index in [0.29, 0.717) is 11.5 Å². The summed E-state index contributed by atoms with van der Waals surface area (Å²) in [6.45, 7) is 7.03. The molecule has 0 aliphatic heterocycles. The lowest BCUT2D eigenvalue weighted by atomic mass is 9.70. The molecule has 0 bridgehead atoms. The van der Waals surface area contributed by atoms with E-state index in [0.717, 1.165) is 5.92 Å². The molecule has 1 unspecified atom stereocenters. The van der Waals surface area contributed by atoms with Gasteiger partial charge in [0.2, 0.25) is 0 Å². The zero-order chi connectivity index (χ0) is 11.3. The summed E-state index contributed by atoms with van der Waals surface area (Å²) in [6, 6.07) is 0.557. The highest BCUT2D eigenvalue weighted by atomic mass is 15.2. The largest absolute Gasteiger partial charge is 0.271 e. The van der Waals surface area contributed by atoms with E-state index in [1.165, 1.54) is 44.9 Å². The molecule has 1 aliphatic carbocycles. The molecule has 1 atom stereocenters. The second-order valence-corrected chi connectivity index (χ2v) is 5.92. The zero-order valence-electron chi connectivity index (χ0n) is 10.7. The van der Waals surface area contributed by atoms with Crippen molar-refractivity contribution in [2.75, 3.05) is 0 Å². The molecule has 15 heavy (non-hydrogen) atoms. The summed E-state index contributed by atoms with van der Waals surface area (Å²) in [6.07, 6.45) is 9.25. The van der Waals surface area contributed by atoms with Gasteiger partial charge in [-0.25, -0.2) is 0 Å². The number of hydrazine groups is 1. The van der Waals surface area contributed by atoms with Gasteiger partial charge in [-0.2, -0.15) is 0 Å². The molecule has 90 valence electrons. The summed E-state index contributed by atoms with van der Waals surface area (Å²) < 4.78 is 0. The predicted octanol–water partition coefficient (Wildman–Crippen LogP) is 3.22. The Kier molecular flexibility index (Phi) is 5.07. The van der Waals surface area contributed by atoms with Crippen LogP contribution < -0.4 is 11.3 Å². The summed E-state index contributed by atoms with van der Waals surface area (Å²) in [5, 5.41) is 0. The fourth-order valence-corrected chi connectivity index (χ4v) is 2.70. The normalized spacial score (nSPS) is 24.0. The third-order valence-corrected chi connectivity index (χ3v) is 4.04. The lowest BCUT2D eigenvalue weighted by Crippen LogP contribution is -2.42. The number of unbranched alkanes of at least 4 members (excludes halogenated alkanes) is 1. The Morgan fingerprint density at radius 1 is 1.33 bits per heavy atom. The first-order chi connectivity index (χ1) is 7.09. The molecule has 3 N–H and O–H groups in total. The number of nitrogens with two attached hydrogens (primary N) is 1. The van der Waals surface area contributed by atoms with Gasteiger partial charge in [-0.05, 0) is 43.4 Å². The number of nitrogens with one attached hydrogen (secondary N) is 1. The molecule has 1 rings (SSSR count). The number of hydrogen-bond acceptors (Lipinski definition) is 2. The Morgan fingerprint density at radius 2 is 1.93 bits per heavy atom. The lowest BCUT2D eigenvalue weighted by molar-refractivity contribution is 0.156. The average Bonchev–Trinajstić information content (AvgIpc) is 2.21. The SMILES string of the molecule is CCCCC(NN)C1CCC(C)(C)CC1. The smallest absolute Gasteiger partial charge is 0.0238 e. The molecular formula is C13H28N2. The van der Waals surface area contributed by atoms with Gasteiger partial charge in [0.25, 0.3) is 0 Å². The lowest BCUT2D eigenvalue weighted by Gasteiger charge is -2.37. The Morgan fingerprint density at radius 3 is 2.40 bits per heavy atom. The molecule has 0 spiro atoms. The summed E-state index contributed by atoms with van der Waals surface area (Å²) >= 11 is 0. The van der Waals surface area contributed by atoms with Gasteiger partial charge in [0, 0.05) is 6.04 Å². The monoisotopic (exact) mass is 212 g/mol. The first-order valence-corrected chi connectivity index (χ1v) is 6.55. The van der Waals surface area contributed by atoms with Crippen LogP contribution in [-0.2, 0) is 0 Å². The van der Waals surface area contributed by atoms with E-state index in [-0.39, 0.29) is 0 Å². The van der Waals surface area contributed by atoms with E-state index in [1.807, 2.05) is 0 Å². The molecule has 1 aliphatic rings. The third-order valence-electron chi connectivity index (χ3n) is 4.04. The first kappa shape index (κ1) is 13.0. The topological polar surface area (TPSA) is 38.0 Å². The minimum atomic E-state index is 0.557. The summed E-state index contributed by atoms with van der Waals surface area (Å²) in [4.78, 5) is 0. The van der Waals surface area contributed by atoms with Crippen molar-refractivity contribution in [1.82, 2.24) is 5.43 Å². The minimum absolute atomic E-state index is 0.557. The van der Waals surface area contributed by atoms with Gasteiger partial charge < -0.3 is 0 Å². The van der Waals surface area contributed by atoms with Crippen molar-refractivity contribution < 1.29 is 0 Å². The van der Waals surface area contributed by atoms with Crippen molar-refractivity contribution in [3.05, 3.63) is 0 Å². The third kappa shape index (κ3) is 4.12. The Bertz CT molecular complexity index is 167. The van der Waals surface area contributed by atoms with Gasteiger partial charge in [-0.3, -0.25) is 11.3 Å². The van der Waals surface area contributed by atoms with Gasteiger partial charge in [0.1, 0.15) is 0 Å². The van der Waals surface area contributed by atoms with Gasteiger partial charge in [0.15, 0.2) is 0 Å². The molecule has 0 radical (unpaired) electrons. The maximum absolute atomic E-state index is 5.66. The molecule has 0 saturated heterocycles. The van der Waals surface area contributed by atoms with Crippen LogP contribution in [0.2, 0.25) is 0 Å². The average molecular weight is 212 g/mol. The van der Waals surface area contributed by atoms with Crippen molar-refractivity contribution in [1.29, 1.82) is 0 Å². The van der Waals surface area contributed by atoms with E-state index in [2.05, 4.69) is 26.2 Å². The van der Waals surface area contributed by atoms with E-state index >= 15 is 0 Å². The van der Waals surface area contributed by atoms with E-state index < -0.39 is 0 Å². The quantitative estimate of drug-likeness (QED) is 0.542. The Hall–Kier alpha value is -0.0800. The predicted molar refractivity (Wildman–Crippen MR) is 66.4 cm³/mol. The first-order valence-electron chi connectivity index (χ1n) is 6.55. The van der Waals surface area contributed by atoms with Crippen molar-refractivity contribution in [3.8, 4) is 0 Å². The fraction of sp³-hybridized carbons (Fsp3) is 1.00. The molecule has 0 aromatic rings. The number of rotatable bonds is 5. The van der Waals surface area contributed by atoms with Gasteiger partial charge in [-0.1, -0.05) is 33.6 Å². The molecule has 1 fully saturated rings. The Balaban J connectivity index is 2.35. The van der Waals surface area contributed by atoms with Crippen LogP contribution in [0.5, 0.6) is 0 Å².